The molecule has 0 fully saturated rings. The molecule has 0 unspecified atom stereocenters. The van der Waals surface area contributed by atoms with Crippen LogP contribution in [0.25, 0.3) is 10.9 Å². The molecule has 0 saturated heterocycles. The van der Waals surface area contributed by atoms with Crippen molar-refractivity contribution in [1.29, 1.82) is 0 Å². The highest BCUT2D eigenvalue weighted by Crippen LogP contribution is 2.25. The van der Waals surface area contributed by atoms with Crippen LogP contribution >= 0.6 is 15.9 Å². The number of nitrogens with two attached hydrogens (primary N) is 1. The smallest absolute Gasteiger partial charge is 0.273 e. The minimum Gasteiger partial charge on any atom is -0.368 e. The van der Waals surface area contributed by atoms with E-state index in [1.165, 1.54) is 0 Å². The molecule has 1 aromatic heterocycles. The molecule has 6 nitrogen and oxygen atoms in total. The second kappa shape index (κ2) is 7.75. The Labute approximate surface area is 172 Å². The summed E-state index contributed by atoms with van der Waals surface area (Å²) < 4.78 is 2.69. The first-order valence-corrected chi connectivity index (χ1v) is 9.76. The van der Waals surface area contributed by atoms with Crippen LogP contribution in [-0.2, 0) is 11.3 Å². The first-order chi connectivity index (χ1) is 13.2. The summed E-state index contributed by atoms with van der Waals surface area (Å²) in [7, 11) is 0. The molecule has 1 heterocycles. The van der Waals surface area contributed by atoms with Gasteiger partial charge in [0.25, 0.3) is 5.91 Å². The van der Waals surface area contributed by atoms with Gasteiger partial charge in [-0.3, -0.25) is 14.3 Å². The zero-order valence-electron chi connectivity index (χ0n) is 16.1. The van der Waals surface area contributed by atoms with Crippen molar-refractivity contribution in [2.45, 2.75) is 33.4 Å². The van der Waals surface area contributed by atoms with Crippen LogP contribution in [0.5, 0.6) is 0 Å². The maximum Gasteiger partial charge on any atom is 0.273 e. The highest BCUT2D eigenvalue weighted by Gasteiger charge is 2.32. The molecule has 146 valence electrons. The third-order valence-corrected chi connectivity index (χ3v) is 5.02. The number of hydrogen-bond donors (Lipinski definition) is 2. The summed E-state index contributed by atoms with van der Waals surface area (Å²) in [6.07, 6.45) is 0. The standard InChI is InChI=1S/C21H23BrN4O2/c1-21(2,3)18(19(23)27)24-20(28)17-15-10-9-14(22)11-16(15)26(25-17)12-13-7-5-4-6-8-13/h4-11,18H,12H2,1-3H3,(H2,23,27)(H,24,28)/t18-/m1/s1. The summed E-state index contributed by atoms with van der Waals surface area (Å²) in [4.78, 5) is 24.8. The van der Waals surface area contributed by atoms with E-state index in [9.17, 15) is 9.59 Å². The molecule has 0 aliphatic heterocycles. The average Bonchev–Trinajstić information content (AvgIpc) is 2.97. The molecule has 0 aliphatic carbocycles. The lowest BCUT2D eigenvalue weighted by atomic mass is 9.86. The van der Waals surface area contributed by atoms with Crippen molar-refractivity contribution in [2.75, 3.05) is 0 Å². The van der Waals surface area contributed by atoms with Gasteiger partial charge in [0, 0.05) is 9.86 Å². The van der Waals surface area contributed by atoms with Gasteiger partial charge in [0.1, 0.15) is 6.04 Å². The Kier molecular flexibility index (Phi) is 5.56. The van der Waals surface area contributed by atoms with Crippen molar-refractivity contribution in [2.24, 2.45) is 11.1 Å². The molecule has 0 radical (unpaired) electrons. The summed E-state index contributed by atoms with van der Waals surface area (Å²) in [5, 5.41) is 8.02. The largest absolute Gasteiger partial charge is 0.368 e. The van der Waals surface area contributed by atoms with E-state index in [4.69, 9.17) is 5.73 Å². The van der Waals surface area contributed by atoms with Crippen LogP contribution in [0.3, 0.4) is 0 Å². The molecule has 0 saturated carbocycles. The maximum atomic E-state index is 13.0. The molecular weight excluding hydrogens is 420 g/mol. The zero-order chi connectivity index (χ0) is 20.5. The number of nitrogens with one attached hydrogen (secondary N) is 1. The van der Waals surface area contributed by atoms with Crippen molar-refractivity contribution < 1.29 is 9.59 Å². The molecular formula is C21H23BrN4O2. The average molecular weight is 443 g/mol. The second-order valence-corrected chi connectivity index (χ2v) is 8.74. The maximum absolute atomic E-state index is 13.0. The SMILES string of the molecule is CC(C)(C)[C@H](NC(=O)c1nn(Cc2ccccc2)c2cc(Br)ccc12)C(N)=O. The number of carbonyl (C=O) groups is 2. The number of hydrogen-bond acceptors (Lipinski definition) is 3. The summed E-state index contributed by atoms with van der Waals surface area (Å²) in [5.74, 6) is -0.991. The summed E-state index contributed by atoms with van der Waals surface area (Å²) in [5.41, 5.74) is 7.17. The van der Waals surface area contributed by atoms with Crippen molar-refractivity contribution in [3.63, 3.8) is 0 Å². The van der Waals surface area contributed by atoms with Gasteiger partial charge in [-0.15, -0.1) is 0 Å². The molecule has 2 amide bonds. The van der Waals surface area contributed by atoms with E-state index in [0.29, 0.717) is 11.9 Å². The van der Waals surface area contributed by atoms with Crippen molar-refractivity contribution in [3.8, 4) is 0 Å². The predicted octanol–water partition coefficient (Wildman–Crippen LogP) is 3.48. The molecule has 2 aromatic carbocycles. The third-order valence-electron chi connectivity index (χ3n) is 4.53. The Morgan fingerprint density at radius 2 is 1.86 bits per heavy atom. The molecule has 3 rings (SSSR count). The number of carbonyl (C=O) groups excluding carboxylic acids is 2. The first kappa shape index (κ1) is 20.1. The van der Waals surface area contributed by atoms with E-state index in [0.717, 1.165) is 15.6 Å². The Hall–Kier alpha value is -2.67. The number of aromatic nitrogens is 2. The number of rotatable bonds is 5. The van der Waals surface area contributed by atoms with Crippen molar-refractivity contribution in [1.82, 2.24) is 15.1 Å². The number of primary amides is 1. The fourth-order valence-electron chi connectivity index (χ4n) is 3.11. The van der Waals surface area contributed by atoms with Gasteiger partial charge in [0.15, 0.2) is 5.69 Å². The van der Waals surface area contributed by atoms with Gasteiger partial charge in [-0.1, -0.05) is 67.0 Å². The van der Waals surface area contributed by atoms with Crippen LogP contribution < -0.4 is 11.1 Å². The van der Waals surface area contributed by atoms with Gasteiger partial charge in [0.05, 0.1) is 12.1 Å². The number of amides is 2. The van der Waals surface area contributed by atoms with E-state index in [2.05, 4.69) is 26.3 Å². The summed E-state index contributed by atoms with van der Waals surface area (Å²) in [6.45, 7) is 6.09. The van der Waals surface area contributed by atoms with Gasteiger partial charge in [-0.25, -0.2) is 0 Å². The van der Waals surface area contributed by atoms with Crippen LogP contribution in [0.1, 0.15) is 36.8 Å². The monoisotopic (exact) mass is 442 g/mol. The lowest BCUT2D eigenvalue weighted by Gasteiger charge is -2.28. The molecule has 28 heavy (non-hydrogen) atoms. The van der Waals surface area contributed by atoms with Crippen molar-refractivity contribution in [3.05, 3.63) is 64.3 Å². The number of halogens is 1. The fourth-order valence-corrected chi connectivity index (χ4v) is 3.45. The predicted molar refractivity (Wildman–Crippen MR) is 113 cm³/mol. The topological polar surface area (TPSA) is 90.0 Å². The van der Waals surface area contributed by atoms with Gasteiger partial charge in [-0.05, 0) is 29.2 Å². The van der Waals surface area contributed by atoms with Crippen LogP contribution in [-0.4, -0.2) is 27.6 Å². The molecule has 0 bridgehead atoms. The Bertz CT molecular complexity index is 1020. The highest BCUT2D eigenvalue weighted by atomic mass is 79.9. The fraction of sp³-hybridized carbons (Fsp3) is 0.286. The van der Waals surface area contributed by atoms with Gasteiger partial charge < -0.3 is 11.1 Å². The van der Waals surface area contributed by atoms with E-state index < -0.39 is 23.3 Å². The quantitative estimate of drug-likeness (QED) is 0.633. The number of fused-ring (bicyclic) bond motifs is 1. The Morgan fingerprint density at radius 1 is 1.18 bits per heavy atom. The van der Waals surface area contributed by atoms with Crippen LogP contribution in [0.2, 0.25) is 0 Å². The Balaban J connectivity index is 2.01. The summed E-state index contributed by atoms with van der Waals surface area (Å²) in [6, 6.07) is 14.7. The molecule has 0 spiro atoms. The Morgan fingerprint density at radius 3 is 2.46 bits per heavy atom. The van der Waals surface area contributed by atoms with E-state index >= 15 is 0 Å². The van der Waals surface area contributed by atoms with Gasteiger partial charge >= 0.3 is 0 Å². The molecule has 3 aromatic rings. The number of benzene rings is 2. The highest BCUT2D eigenvalue weighted by molar-refractivity contribution is 9.10. The summed E-state index contributed by atoms with van der Waals surface area (Å²) >= 11 is 3.48. The number of nitrogens with zero attached hydrogens (tertiary/aromatic N) is 2. The second-order valence-electron chi connectivity index (χ2n) is 7.83. The van der Waals surface area contributed by atoms with E-state index in [1.54, 1.807) is 4.68 Å². The minimum atomic E-state index is -0.801. The molecule has 3 N–H and O–H groups in total. The van der Waals surface area contributed by atoms with Gasteiger partial charge in [0.2, 0.25) is 5.91 Å². The van der Waals surface area contributed by atoms with Crippen LogP contribution in [0.4, 0.5) is 0 Å². The minimum absolute atomic E-state index is 0.272. The first-order valence-electron chi connectivity index (χ1n) is 8.97. The molecule has 0 aliphatic rings. The molecule has 7 heteroatoms. The van der Waals surface area contributed by atoms with E-state index in [1.807, 2.05) is 69.3 Å². The lowest BCUT2D eigenvalue weighted by molar-refractivity contribution is -0.122. The normalized spacial score (nSPS) is 12.7. The third kappa shape index (κ3) is 4.25. The van der Waals surface area contributed by atoms with Crippen molar-refractivity contribution >= 4 is 38.6 Å². The van der Waals surface area contributed by atoms with Crippen LogP contribution in [0.15, 0.2) is 53.0 Å². The lowest BCUT2D eigenvalue weighted by Crippen LogP contribution is -2.52. The van der Waals surface area contributed by atoms with Crippen LogP contribution in [0, 0.1) is 5.41 Å². The van der Waals surface area contributed by atoms with Gasteiger partial charge in [-0.2, -0.15) is 5.10 Å². The molecule has 1 atom stereocenters. The zero-order valence-corrected chi connectivity index (χ0v) is 17.7. The van der Waals surface area contributed by atoms with E-state index in [-0.39, 0.29) is 5.69 Å².